The molecule has 0 aliphatic heterocycles. The van der Waals surface area contributed by atoms with E-state index < -0.39 is 0 Å². The van der Waals surface area contributed by atoms with Gasteiger partial charge in [0.1, 0.15) is 0 Å². The lowest BCUT2D eigenvalue weighted by Gasteiger charge is -2.42. The summed E-state index contributed by atoms with van der Waals surface area (Å²) in [6.07, 6.45) is 3.84. The molecular weight excluding hydrogens is 256 g/mol. The molecule has 3 unspecified atom stereocenters. The van der Waals surface area contributed by atoms with Crippen LogP contribution in [0.5, 0.6) is 0 Å². The average Bonchev–Trinajstić information content (AvgIpc) is 2.28. The fourth-order valence-electron chi connectivity index (χ4n) is 3.87. The molecule has 2 nitrogen and oxygen atoms in total. The zero-order valence-corrected chi connectivity index (χ0v) is 15.7. The Bertz CT molecular complexity index is 280. The van der Waals surface area contributed by atoms with Crippen LogP contribution in [0, 0.1) is 29.1 Å². The van der Waals surface area contributed by atoms with E-state index in [-0.39, 0.29) is 0 Å². The highest BCUT2D eigenvalue weighted by Gasteiger charge is 2.35. The lowest BCUT2D eigenvalue weighted by molar-refractivity contribution is 0.0908. The van der Waals surface area contributed by atoms with Crippen LogP contribution in [0.4, 0.5) is 0 Å². The number of rotatable bonds is 6. The van der Waals surface area contributed by atoms with E-state index in [4.69, 9.17) is 5.73 Å². The first-order valence-electron chi connectivity index (χ1n) is 9.07. The first kappa shape index (κ1) is 19.0. The first-order chi connectivity index (χ1) is 9.59. The molecule has 126 valence electrons. The minimum absolute atomic E-state index is 0.408. The normalized spacial score (nSPS) is 27.9. The predicted octanol–water partition coefficient (Wildman–Crippen LogP) is 4.39. The Hall–Kier alpha value is -0.0800. The van der Waals surface area contributed by atoms with Gasteiger partial charge in [-0.3, -0.25) is 0 Å². The van der Waals surface area contributed by atoms with E-state index in [0.717, 1.165) is 17.8 Å². The van der Waals surface area contributed by atoms with Crippen LogP contribution in [-0.4, -0.2) is 30.6 Å². The Balaban J connectivity index is 2.66. The van der Waals surface area contributed by atoms with Gasteiger partial charge in [-0.2, -0.15) is 0 Å². The van der Waals surface area contributed by atoms with Gasteiger partial charge in [-0.05, 0) is 48.3 Å². The Labute approximate surface area is 133 Å². The van der Waals surface area contributed by atoms with E-state index in [1.54, 1.807) is 0 Å². The van der Waals surface area contributed by atoms with Crippen molar-refractivity contribution < 1.29 is 0 Å². The van der Waals surface area contributed by atoms with Crippen molar-refractivity contribution in [2.75, 3.05) is 19.6 Å². The van der Waals surface area contributed by atoms with Crippen molar-refractivity contribution in [2.45, 2.75) is 73.8 Å². The van der Waals surface area contributed by atoms with E-state index in [2.05, 4.69) is 53.4 Å². The molecule has 2 heteroatoms. The minimum atomic E-state index is 0.408. The fourth-order valence-corrected chi connectivity index (χ4v) is 3.87. The van der Waals surface area contributed by atoms with Crippen molar-refractivity contribution in [2.24, 2.45) is 34.8 Å². The van der Waals surface area contributed by atoms with E-state index in [1.165, 1.54) is 38.9 Å². The molecule has 0 spiro atoms. The van der Waals surface area contributed by atoms with E-state index >= 15 is 0 Å². The van der Waals surface area contributed by atoms with Crippen molar-refractivity contribution in [3.05, 3.63) is 0 Å². The average molecular weight is 297 g/mol. The van der Waals surface area contributed by atoms with Crippen molar-refractivity contribution >= 4 is 0 Å². The molecule has 1 saturated carbocycles. The molecule has 2 N–H and O–H groups in total. The van der Waals surface area contributed by atoms with E-state index in [0.29, 0.717) is 17.4 Å². The summed E-state index contributed by atoms with van der Waals surface area (Å²) in [6.45, 7) is 20.1. The van der Waals surface area contributed by atoms with Crippen molar-refractivity contribution in [1.29, 1.82) is 0 Å². The van der Waals surface area contributed by atoms with Gasteiger partial charge < -0.3 is 10.6 Å². The van der Waals surface area contributed by atoms with Crippen molar-refractivity contribution in [3.63, 3.8) is 0 Å². The highest BCUT2D eigenvalue weighted by atomic mass is 15.1. The number of nitrogens with zero attached hydrogens (tertiary/aromatic N) is 1. The molecule has 0 bridgehead atoms. The Morgan fingerprint density at radius 3 is 1.95 bits per heavy atom. The summed E-state index contributed by atoms with van der Waals surface area (Å²) in [5, 5.41) is 0. The van der Waals surface area contributed by atoms with Crippen molar-refractivity contribution in [3.8, 4) is 0 Å². The van der Waals surface area contributed by atoms with Gasteiger partial charge in [0.15, 0.2) is 0 Å². The highest BCUT2D eigenvalue weighted by Crippen LogP contribution is 2.40. The number of hydrogen-bond donors (Lipinski definition) is 1. The molecule has 0 aromatic rings. The lowest BCUT2D eigenvalue weighted by Crippen LogP contribution is -2.46. The molecule has 1 rings (SSSR count). The summed E-state index contributed by atoms with van der Waals surface area (Å²) in [5.74, 6) is 2.99. The number of hydrogen-bond acceptors (Lipinski definition) is 2. The Morgan fingerprint density at radius 2 is 1.52 bits per heavy atom. The largest absolute Gasteiger partial charge is 0.327 e. The summed E-state index contributed by atoms with van der Waals surface area (Å²) in [5.41, 5.74) is 6.90. The van der Waals surface area contributed by atoms with Gasteiger partial charge in [0.05, 0.1) is 0 Å². The summed E-state index contributed by atoms with van der Waals surface area (Å²) in [7, 11) is 0. The topological polar surface area (TPSA) is 29.3 Å². The van der Waals surface area contributed by atoms with Gasteiger partial charge in [-0.15, -0.1) is 0 Å². The van der Waals surface area contributed by atoms with Crippen LogP contribution in [-0.2, 0) is 0 Å². The molecule has 1 aliphatic carbocycles. The molecule has 0 heterocycles. The molecule has 1 fully saturated rings. The maximum Gasteiger partial charge on any atom is 0.00795 e. The summed E-state index contributed by atoms with van der Waals surface area (Å²) >= 11 is 0. The molecule has 0 amide bonds. The molecule has 21 heavy (non-hydrogen) atoms. The summed E-state index contributed by atoms with van der Waals surface area (Å²) in [4.78, 5) is 2.67. The van der Waals surface area contributed by atoms with E-state index in [1.807, 2.05) is 0 Å². The molecule has 1 aliphatic rings. The Kier molecular flexibility index (Phi) is 7.19. The van der Waals surface area contributed by atoms with Crippen LogP contribution in [0.3, 0.4) is 0 Å². The second-order valence-corrected chi connectivity index (χ2v) is 9.31. The second-order valence-electron chi connectivity index (χ2n) is 9.31. The second kappa shape index (κ2) is 7.97. The first-order valence-corrected chi connectivity index (χ1v) is 9.07. The van der Waals surface area contributed by atoms with Gasteiger partial charge in [-0.1, -0.05) is 48.5 Å². The Morgan fingerprint density at radius 1 is 1.00 bits per heavy atom. The summed E-state index contributed by atoms with van der Waals surface area (Å²) in [6, 6.07) is 0.408. The number of nitrogens with two attached hydrogens (primary N) is 1. The molecule has 0 saturated heterocycles. The standard InChI is InChI=1S/C19H40N2/c1-14(2)11-21(12-15(3)4)13-16-10-17(19(5,6)7)8-9-18(16)20/h14-18H,8-13,20H2,1-7H3. The maximum absolute atomic E-state index is 6.47. The van der Waals surface area contributed by atoms with Crippen LogP contribution >= 0.6 is 0 Å². The van der Waals surface area contributed by atoms with Crippen LogP contribution in [0.15, 0.2) is 0 Å². The van der Waals surface area contributed by atoms with Gasteiger partial charge in [0.25, 0.3) is 0 Å². The molecular formula is C19H40N2. The predicted molar refractivity (Wildman–Crippen MR) is 94.4 cm³/mol. The maximum atomic E-state index is 6.47. The monoisotopic (exact) mass is 296 g/mol. The highest BCUT2D eigenvalue weighted by molar-refractivity contribution is 4.89. The van der Waals surface area contributed by atoms with Crippen molar-refractivity contribution in [1.82, 2.24) is 4.90 Å². The lowest BCUT2D eigenvalue weighted by atomic mass is 9.67. The van der Waals surface area contributed by atoms with Crippen LogP contribution < -0.4 is 5.73 Å². The van der Waals surface area contributed by atoms with Gasteiger partial charge in [0.2, 0.25) is 0 Å². The smallest absolute Gasteiger partial charge is 0.00795 e. The van der Waals surface area contributed by atoms with Gasteiger partial charge in [-0.25, -0.2) is 0 Å². The van der Waals surface area contributed by atoms with Crippen LogP contribution in [0.1, 0.15) is 67.7 Å². The minimum Gasteiger partial charge on any atom is -0.327 e. The molecule has 0 radical (unpaired) electrons. The third-order valence-electron chi connectivity index (χ3n) is 5.01. The van der Waals surface area contributed by atoms with Crippen LogP contribution in [0.25, 0.3) is 0 Å². The third kappa shape index (κ3) is 6.69. The zero-order valence-electron chi connectivity index (χ0n) is 15.7. The van der Waals surface area contributed by atoms with Gasteiger partial charge in [0, 0.05) is 25.7 Å². The van der Waals surface area contributed by atoms with E-state index in [9.17, 15) is 0 Å². The zero-order chi connectivity index (χ0) is 16.2. The third-order valence-corrected chi connectivity index (χ3v) is 5.01. The molecule has 3 atom stereocenters. The molecule has 0 aromatic carbocycles. The molecule has 0 aromatic heterocycles. The SMILES string of the molecule is CC(C)CN(CC(C)C)CC1CC(C(C)(C)C)CCC1N. The fraction of sp³-hybridized carbons (Fsp3) is 1.00. The quantitative estimate of drug-likeness (QED) is 0.787. The summed E-state index contributed by atoms with van der Waals surface area (Å²) < 4.78 is 0. The van der Waals surface area contributed by atoms with Gasteiger partial charge >= 0.3 is 0 Å². The van der Waals surface area contributed by atoms with Crippen LogP contribution in [0.2, 0.25) is 0 Å².